The third-order valence-corrected chi connectivity index (χ3v) is 5.28. The number of hydrogen-bond donors (Lipinski definition) is 2. The van der Waals surface area contributed by atoms with Gasteiger partial charge in [0, 0.05) is 24.2 Å². The van der Waals surface area contributed by atoms with Gasteiger partial charge in [-0.2, -0.15) is 9.78 Å². The summed E-state index contributed by atoms with van der Waals surface area (Å²) in [6.07, 6.45) is 0. The molecule has 0 radical (unpaired) electrons. The molecule has 36 heavy (non-hydrogen) atoms. The zero-order valence-corrected chi connectivity index (χ0v) is 20.5. The van der Waals surface area contributed by atoms with E-state index in [1.54, 1.807) is 24.3 Å². The van der Waals surface area contributed by atoms with E-state index >= 15 is 0 Å². The van der Waals surface area contributed by atoms with Crippen molar-refractivity contribution in [2.75, 3.05) is 5.32 Å². The Labute approximate surface area is 208 Å². The van der Waals surface area contributed by atoms with Crippen LogP contribution in [0.25, 0.3) is 28.1 Å². The zero-order valence-electron chi connectivity index (χ0n) is 20.5. The molecule has 0 fully saturated rings. The fraction of sp³-hybridized carbons (Fsp3) is 0.179. The van der Waals surface area contributed by atoms with Crippen molar-refractivity contribution in [3.8, 4) is 34.0 Å². The third-order valence-electron chi connectivity index (χ3n) is 5.28. The number of esters is 1. The molecule has 2 amide bonds. The first-order valence-electron chi connectivity index (χ1n) is 11.5. The molecule has 0 saturated heterocycles. The minimum absolute atomic E-state index is 0.00103. The topological polar surface area (TPSA) is 85.2 Å². The van der Waals surface area contributed by atoms with Gasteiger partial charge in [-0.15, -0.1) is 0 Å². The summed E-state index contributed by atoms with van der Waals surface area (Å²) in [4.78, 5) is 24.2. The fourth-order valence-electron chi connectivity index (χ4n) is 3.82. The van der Waals surface area contributed by atoms with Crippen LogP contribution in [-0.4, -0.2) is 27.8 Å². The number of carbonyl (C=O) groups excluding carboxylic acids is 2. The van der Waals surface area contributed by atoms with Crippen LogP contribution in [0.5, 0.6) is 5.88 Å². The van der Waals surface area contributed by atoms with Crippen LogP contribution in [0.2, 0.25) is 0 Å². The number of rotatable bonds is 6. The molecule has 1 aromatic heterocycles. The minimum Gasteiger partial charge on any atom is -0.407 e. The molecule has 2 N–H and O–H groups in total. The number of aryl methyl sites for hydroxylation is 1. The molecule has 1 heterocycles. The maximum absolute atomic E-state index is 14.1. The van der Waals surface area contributed by atoms with E-state index in [2.05, 4.69) is 10.6 Å². The highest BCUT2D eigenvalue weighted by atomic mass is 19.1. The summed E-state index contributed by atoms with van der Waals surface area (Å²) in [6, 6.07) is 20.5. The lowest BCUT2D eigenvalue weighted by atomic mass is 10.00. The van der Waals surface area contributed by atoms with Crippen LogP contribution >= 0.6 is 0 Å². The lowest BCUT2D eigenvalue weighted by Crippen LogP contribution is -2.34. The Morgan fingerprint density at radius 2 is 1.69 bits per heavy atom. The molecule has 0 aliphatic heterocycles. The Morgan fingerprint density at radius 3 is 2.33 bits per heavy atom. The molecule has 0 saturated carbocycles. The van der Waals surface area contributed by atoms with Gasteiger partial charge in [0.1, 0.15) is 11.5 Å². The van der Waals surface area contributed by atoms with Crippen molar-refractivity contribution < 1.29 is 18.7 Å². The van der Waals surface area contributed by atoms with Crippen LogP contribution in [0.3, 0.4) is 0 Å². The largest absolute Gasteiger partial charge is 0.407 e. The Bertz CT molecular complexity index is 1410. The van der Waals surface area contributed by atoms with Crippen molar-refractivity contribution in [2.45, 2.75) is 33.7 Å². The van der Waals surface area contributed by atoms with E-state index in [0.717, 1.165) is 11.1 Å². The standard InChI is InChI=1S/C28H27FN4O3/c1-17(2)30-28(35)31-23-13-11-20(12-14-23)25-26(21-8-5-7-18(3)15-21)32-33(27(25)36-19(4)34)24-10-6-9-22(29)16-24/h5-17H,1-4H3,(H2,30,31,35). The molecule has 0 bridgehead atoms. The fourth-order valence-corrected chi connectivity index (χ4v) is 3.82. The summed E-state index contributed by atoms with van der Waals surface area (Å²) >= 11 is 0. The maximum atomic E-state index is 14.1. The van der Waals surface area contributed by atoms with Crippen LogP contribution in [-0.2, 0) is 4.79 Å². The molecule has 4 rings (SSSR count). The average molecular weight is 487 g/mol. The van der Waals surface area contributed by atoms with Gasteiger partial charge in [-0.1, -0.05) is 42.0 Å². The monoisotopic (exact) mass is 486 g/mol. The van der Waals surface area contributed by atoms with Gasteiger partial charge in [0.05, 0.1) is 11.3 Å². The van der Waals surface area contributed by atoms with Gasteiger partial charge < -0.3 is 15.4 Å². The number of carbonyl (C=O) groups is 2. The van der Waals surface area contributed by atoms with Crippen molar-refractivity contribution in [3.63, 3.8) is 0 Å². The quantitative estimate of drug-likeness (QED) is 0.322. The van der Waals surface area contributed by atoms with E-state index in [4.69, 9.17) is 9.84 Å². The second kappa shape index (κ2) is 10.4. The SMILES string of the molecule is CC(=O)Oc1c(-c2ccc(NC(=O)NC(C)C)cc2)c(-c2cccc(C)c2)nn1-c1cccc(F)c1. The van der Waals surface area contributed by atoms with Crippen molar-refractivity contribution in [1.29, 1.82) is 0 Å². The average Bonchev–Trinajstić information content (AvgIpc) is 3.17. The Hall–Kier alpha value is -4.46. The van der Waals surface area contributed by atoms with Crippen molar-refractivity contribution >= 4 is 17.7 Å². The van der Waals surface area contributed by atoms with E-state index in [-0.39, 0.29) is 18.0 Å². The van der Waals surface area contributed by atoms with E-state index in [0.29, 0.717) is 28.2 Å². The molecule has 8 heteroatoms. The van der Waals surface area contributed by atoms with Crippen molar-refractivity contribution in [1.82, 2.24) is 15.1 Å². The molecule has 4 aromatic rings. The highest BCUT2D eigenvalue weighted by molar-refractivity contribution is 5.91. The lowest BCUT2D eigenvalue weighted by molar-refractivity contribution is -0.132. The summed E-state index contributed by atoms with van der Waals surface area (Å²) in [5, 5.41) is 10.3. The zero-order chi connectivity index (χ0) is 25.8. The van der Waals surface area contributed by atoms with Gasteiger partial charge in [-0.25, -0.2) is 9.18 Å². The number of hydrogen-bond acceptors (Lipinski definition) is 4. The van der Waals surface area contributed by atoms with E-state index < -0.39 is 11.8 Å². The van der Waals surface area contributed by atoms with Crippen molar-refractivity contribution in [3.05, 3.63) is 84.2 Å². The Balaban J connectivity index is 1.88. The number of aromatic nitrogens is 2. The third kappa shape index (κ3) is 5.60. The van der Waals surface area contributed by atoms with E-state index in [9.17, 15) is 14.0 Å². The van der Waals surface area contributed by atoms with Gasteiger partial charge >= 0.3 is 12.0 Å². The molecule has 3 aromatic carbocycles. The molecular formula is C28H27FN4O3. The van der Waals surface area contributed by atoms with Gasteiger partial charge in [0.15, 0.2) is 0 Å². The smallest absolute Gasteiger partial charge is 0.319 e. The van der Waals surface area contributed by atoms with Crippen LogP contribution in [0, 0.1) is 12.7 Å². The van der Waals surface area contributed by atoms with Gasteiger partial charge in [0.25, 0.3) is 0 Å². The number of nitrogens with one attached hydrogen (secondary N) is 2. The first-order chi connectivity index (χ1) is 17.2. The summed E-state index contributed by atoms with van der Waals surface area (Å²) in [7, 11) is 0. The first kappa shape index (κ1) is 24.7. The highest BCUT2D eigenvalue weighted by Gasteiger charge is 2.25. The highest BCUT2D eigenvalue weighted by Crippen LogP contribution is 2.41. The van der Waals surface area contributed by atoms with Crippen LogP contribution in [0.1, 0.15) is 26.3 Å². The molecule has 0 atom stereocenters. The molecule has 0 spiro atoms. The number of nitrogens with zero attached hydrogens (tertiary/aromatic N) is 2. The summed E-state index contributed by atoms with van der Waals surface area (Å²) in [5.74, 6) is -0.804. The number of anilines is 1. The molecule has 0 unspecified atom stereocenters. The summed E-state index contributed by atoms with van der Waals surface area (Å²) in [6.45, 7) is 7.03. The molecule has 0 aliphatic rings. The van der Waals surface area contributed by atoms with E-state index in [1.165, 1.54) is 23.7 Å². The Morgan fingerprint density at radius 1 is 0.972 bits per heavy atom. The van der Waals surface area contributed by atoms with Crippen LogP contribution in [0.4, 0.5) is 14.9 Å². The number of urea groups is 1. The predicted octanol–water partition coefficient (Wildman–Crippen LogP) is 6.11. The molecule has 184 valence electrons. The molecule has 7 nitrogen and oxygen atoms in total. The van der Waals surface area contributed by atoms with Crippen LogP contribution in [0.15, 0.2) is 72.8 Å². The number of ether oxygens (including phenoxy) is 1. The minimum atomic E-state index is -0.534. The van der Waals surface area contributed by atoms with Gasteiger partial charge in [-0.05, 0) is 62.7 Å². The van der Waals surface area contributed by atoms with Crippen molar-refractivity contribution in [2.24, 2.45) is 0 Å². The van der Waals surface area contributed by atoms with Crippen LogP contribution < -0.4 is 15.4 Å². The van der Waals surface area contributed by atoms with Gasteiger partial charge in [0.2, 0.25) is 5.88 Å². The maximum Gasteiger partial charge on any atom is 0.319 e. The van der Waals surface area contributed by atoms with E-state index in [1.807, 2.05) is 57.2 Å². The Kier molecular flexibility index (Phi) is 7.15. The number of halogens is 1. The number of amides is 2. The summed E-state index contributed by atoms with van der Waals surface area (Å²) < 4.78 is 21.2. The van der Waals surface area contributed by atoms with Gasteiger partial charge in [-0.3, -0.25) is 4.79 Å². The predicted molar refractivity (Wildman–Crippen MR) is 138 cm³/mol. The second-order valence-electron chi connectivity index (χ2n) is 8.71. The molecular weight excluding hydrogens is 459 g/mol. The first-order valence-corrected chi connectivity index (χ1v) is 11.5. The normalized spacial score (nSPS) is 10.8. The number of benzene rings is 3. The lowest BCUT2D eigenvalue weighted by Gasteiger charge is -2.12. The second-order valence-corrected chi connectivity index (χ2v) is 8.71. The molecule has 0 aliphatic carbocycles. The summed E-state index contributed by atoms with van der Waals surface area (Å²) in [5.41, 5.74) is 4.70.